The largest absolute Gasteiger partial charge is 0.379 e. The first-order valence-electron chi connectivity index (χ1n) is 5.52. The normalized spacial score (nSPS) is 40.4. The number of carbonyl (C=O) groups is 1. The first-order valence-corrected chi connectivity index (χ1v) is 5.52. The molecular weight excluding hydrogens is 228 g/mol. The van der Waals surface area contributed by atoms with Crippen LogP contribution in [0.1, 0.15) is 13.8 Å². The average Bonchev–Trinajstić information content (AvgIpc) is 2.59. The summed E-state index contributed by atoms with van der Waals surface area (Å²) in [5.74, 6) is -2.44. The highest BCUT2D eigenvalue weighted by molar-refractivity contribution is 5.91. The Morgan fingerprint density at radius 1 is 1.35 bits per heavy atom. The number of ether oxygens (including phenoxy) is 5. The van der Waals surface area contributed by atoms with Crippen LogP contribution in [0, 0.1) is 0 Å². The standard InChI is InChI=1S/C11H18O6/c1-10(2)16-7-5-15-11(14-4,6-13-3)9(12)8(7)17-10/h7-8H,5-6H2,1-4H3/t7-,8-,11-/m1/s1. The monoisotopic (exact) mass is 246 g/mol. The number of hydrogen-bond donors (Lipinski definition) is 0. The molecule has 2 aliphatic rings. The highest BCUT2D eigenvalue weighted by Gasteiger charge is 2.57. The van der Waals surface area contributed by atoms with Crippen LogP contribution in [-0.2, 0) is 28.5 Å². The summed E-state index contributed by atoms with van der Waals surface area (Å²) in [5, 5.41) is 0. The van der Waals surface area contributed by atoms with E-state index in [1.54, 1.807) is 13.8 Å². The van der Waals surface area contributed by atoms with E-state index in [-0.39, 0.29) is 25.1 Å². The molecule has 0 bridgehead atoms. The lowest BCUT2D eigenvalue weighted by Gasteiger charge is -2.37. The lowest BCUT2D eigenvalue weighted by Crippen LogP contribution is -2.60. The highest BCUT2D eigenvalue weighted by atomic mass is 16.8. The maximum Gasteiger partial charge on any atom is 0.255 e. The first-order chi connectivity index (χ1) is 7.94. The van der Waals surface area contributed by atoms with Gasteiger partial charge in [0.05, 0.1) is 6.61 Å². The molecular formula is C11H18O6. The first kappa shape index (κ1) is 12.9. The summed E-state index contributed by atoms with van der Waals surface area (Å²) in [5.41, 5.74) is 0. The number of rotatable bonds is 3. The number of hydrogen-bond acceptors (Lipinski definition) is 6. The topological polar surface area (TPSA) is 63.2 Å². The molecule has 2 saturated heterocycles. The van der Waals surface area contributed by atoms with Crippen LogP contribution >= 0.6 is 0 Å². The number of ketones is 1. The van der Waals surface area contributed by atoms with Crippen molar-refractivity contribution in [1.29, 1.82) is 0 Å². The Labute approximate surface area is 100 Å². The fourth-order valence-electron chi connectivity index (χ4n) is 2.21. The van der Waals surface area contributed by atoms with E-state index in [9.17, 15) is 4.79 Å². The Morgan fingerprint density at radius 3 is 2.65 bits per heavy atom. The molecule has 2 fully saturated rings. The Morgan fingerprint density at radius 2 is 2.06 bits per heavy atom. The molecule has 0 aromatic heterocycles. The molecule has 2 rings (SSSR count). The van der Waals surface area contributed by atoms with Gasteiger partial charge in [-0.15, -0.1) is 0 Å². The Kier molecular flexibility index (Phi) is 3.26. The molecule has 17 heavy (non-hydrogen) atoms. The van der Waals surface area contributed by atoms with Crippen molar-refractivity contribution in [2.45, 2.75) is 37.6 Å². The van der Waals surface area contributed by atoms with Crippen LogP contribution in [0.15, 0.2) is 0 Å². The molecule has 0 aromatic rings. The number of fused-ring (bicyclic) bond motifs is 1. The second kappa shape index (κ2) is 4.29. The molecule has 0 spiro atoms. The summed E-state index contributed by atoms with van der Waals surface area (Å²) in [6.45, 7) is 3.82. The number of carbonyl (C=O) groups excluding carboxylic acids is 1. The van der Waals surface area contributed by atoms with E-state index >= 15 is 0 Å². The van der Waals surface area contributed by atoms with Crippen molar-refractivity contribution in [3.05, 3.63) is 0 Å². The van der Waals surface area contributed by atoms with Crippen LogP contribution < -0.4 is 0 Å². The fourth-order valence-corrected chi connectivity index (χ4v) is 2.21. The van der Waals surface area contributed by atoms with Gasteiger partial charge in [0.1, 0.15) is 12.7 Å². The van der Waals surface area contributed by atoms with Gasteiger partial charge in [0.15, 0.2) is 11.9 Å². The Bertz CT molecular complexity index is 315. The molecule has 6 nitrogen and oxygen atoms in total. The Hall–Kier alpha value is -0.530. The number of Topliss-reactive ketones (excluding diaryl/α,β-unsaturated/α-hetero) is 1. The van der Waals surface area contributed by atoms with Crippen LogP contribution in [0.4, 0.5) is 0 Å². The lowest BCUT2D eigenvalue weighted by atomic mass is 9.99. The predicted octanol–water partition coefficient (Wildman–Crippen LogP) is 0.0949. The van der Waals surface area contributed by atoms with Crippen LogP contribution in [0.25, 0.3) is 0 Å². The molecule has 6 heteroatoms. The summed E-state index contributed by atoms with van der Waals surface area (Å²) in [4.78, 5) is 12.3. The average molecular weight is 246 g/mol. The summed E-state index contributed by atoms with van der Waals surface area (Å²) < 4.78 is 26.8. The van der Waals surface area contributed by atoms with Crippen molar-refractivity contribution in [2.24, 2.45) is 0 Å². The predicted molar refractivity (Wildman–Crippen MR) is 56.4 cm³/mol. The van der Waals surface area contributed by atoms with E-state index in [4.69, 9.17) is 23.7 Å². The van der Waals surface area contributed by atoms with Crippen molar-refractivity contribution >= 4 is 5.78 Å². The quantitative estimate of drug-likeness (QED) is 0.703. The van der Waals surface area contributed by atoms with E-state index in [1.807, 2.05) is 0 Å². The van der Waals surface area contributed by atoms with Gasteiger partial charge in [-0.25, -0.2) is 0 Å². The van der Waals surface area contributed by atoms with Gasteiger partial charge >= 0.3 is 0 Å². The summed E-state index contributed by atoms with van der Waals surface area (Å²) >= 11 is 0. The van der Waals surface area contributed by atoms with Gasteiger partial charge in [-0.05, 0) is 13.8 Å². The molecule has 0 unspecified atom stereocenters. The summed E-state index contributed by atoms with van der Waals surface area (Å²) in [6.07, 6.45) is -1.04. The van der Waals surface area contributed by atoms with Gasteiger partial charge in [0.25, 0.3) is 5.79 Å². The molecule has 0 aromatic carbocycles. The molecule has 2 heterocycles. The van der Waals surface area contributed by atoms with Crippen molar-refractivity contribution in [1.82, 2.24) is 0 Å². The number of methoxy groups -OCH3 is 2. The van der Waals surface area contributed by atoms with E-state index in [0.717, 1.165) is 0 Å². The van der Waals surface area contributed by atoms with Gasteiger partial charge in [-0.1, -0.05) is 0 Å². The maximum absolute atomic E-state index is 12.3. The molecule has 0 amide bonds. The molecule has 98 valence electrons. The zero-order valence-electron chi connectivity index (χ0n) is 10.5. The molecule has 0 aliphatic carbocycles. The Balaban J connectivity index is 2.19. The van der Waals surface area contributed by atoms with Crippen molar-refractivity contribution in [3.8, 4) is 0 Å². The zero-order chi connectivity index (χ0) is 12.7. The van der Waals surface area contributed by atoms with E-state index in [2.05, 4.69) is 0 Å². The summed E-state index contributed by atoms with van der Waals surface area (Å²) in [7, 11) is 2.90. The van der Waals surface area contributed by atoms with Gasteiger partial charge in [0, 0.05) is 14.2 Å². The maximum atomic E-state index is 12.3. The minimum atomic E-state index is -1.38. The smallest absolute Gasteiger partial charge is 0.255 e. The third-order valence-corrected chi connectivity index (χ3v) is 2.96. The van der Waals surface area contributed by atoms with E-state index < -0.39 is 17.7 Å². The van der Waals surface area contributed by atoms with Gasteiger partial charge in [-0.3, -0.25) is 4.79 Å². The van der Waals surface area contributed by atoms with Crippen LogP contribution in [-0.4, -0.2) is 57.0 Å². The van der Waals surface area contributed by atoms with Gasteiger partial charge in [-0.2, -0.15) is 0 Å². The van der Waals surface area contributed by atoms with Crippen molar-refractivity contribution in [3.63, 3.8) is 0 Å². The molecule has 3 atom stereocenters. The van der Waals surface area contributed by atoms with Crippen LogP contribution in [0.3, 0.4) is 0 Å². The second-order valence-corrected chi connectivity index (χ2v) is 4.66. The highest BCUT2D eigenvalue weighted by Crippen LogP contribution is 2.36. The van der Waals surface area contributed by atoms with E-state index in [0.29, 0.717) is 0 Å². The third-order valence-electron chi connectivity index (χ3n) is 2.96. The van der Waals surface area contributed by atoms with Crippen LogP contribution in [0.5, 0.6) is 0 Å². The van der Waals surface area contributed by atoms with Crippen molar-refractivity contribution < 1.29 is 28.5 Å². The van der Waals surface area contributed by atoms with Crippen molar-refractivity contribution in [2.75, 3.05) is 27.4 Å². The van der Waals surface area contributed by atoms with E-state index in [1.165, 1.54) is 14.2 Å². The zero-order valence-corrected chi connectivity index (χ0v) is 10.5. The van der Waals surface area contributed by atoms with Gasteiger partial charge in [0.2, 0.25) is 5.78 Å². The third kappa shape index (κ3) is 2.11. The second-order valence-electron chi connectivity index (χ2n) is 4.66. The minimum Gasteiger partial charge on any atom is -0.379 e. The molecule has 0 saturated carbocycles. The lowest BCUT2D eigenvalue weighted by molar-refractivity contribution is -0.259. The van der Waals surface area contributed by atoms with Crippen LogP contribution in [0.2, 0.25) is 0 Å². The minimum absolute atomic E-state index is 0.0370. The molecule has 0 radical (unpaired) electrons. The van der Waals surface area contributed by atoms with Gasteiger partial charge < -0.3 is 23.7 Å². The fraction of sp³-hybridized carbons (Fsp3) is 0.909. The summed E-state index contributed by atoms with van der Waals surface area (Å²) in [6, 6.07) is 0. The SMILES string of the molecule is COC[C@@]1(OC)OC[C@H]2OC(C)(C)O[C@H]2C1=O. The molecule has 2 aliphatic heterocycles. The molecule has 0 N–H and O–H groups in total.